The van der Waals surface area contributed by atoms with E-state index in [2.05, 4.69) is 25.8 Å². The summed E-state index contributed by atoms with van der Waals surface area (Å²) >= 11 is 5.99. The summed E-state index contributed by atoms with van der Waals surface area (Å²) in [7, 11) is 1.69. The molecule has 0 aliphatic heterocycles. The minimum absolute atomic E-state index is 0. The van der Waals surface area contributed by atoms with Crippen LogP contribution >= 0.6 is 35.6 Å². The molecule has 0 aliphatic carbocycles. The number of methoxy groups -OCH3 is 1. The van der Waals surface area contributed by atoms with Crippen molar-refractivity contribution in [1.29, 1.82) is 0 Å². The van der Waals surface area contributed by atoms with Crippen molar-refractivity contribution in [3.05, 3.63) is 35.2 Å². The summed E-state index contributed by atoms with van der Waals surface area (Å²) in [4.78, 5) is 8.88. The maximum Gasteiger partial charge on any atom is 0.228 e. The summed E-state index contributed by atoms with van der Waals surface area (Å²) < 4.78 is 10.3. The molecule has 2 N–H and O–H groups in total. The van der Waals surface area contributed by atoms with Crippen LogP contribution < -0.4 is 10.6 Å². The van der Waals surface area contributed by atoms with Gasteiger partial charge < -0.3 is 19.9 Å². The maximum absolute atomic E-state index is 5.99. The minimum Gasteiger partial charge on any atom is -0.385 e. The first kappa shape index (κ1) is 22.7. The molecule has 0 fully saturated rings. The lowest BCUT2D eigenvalue weighted by atomic mass is 10.2. The van der Waals surface area contributed by atoms with Crippen molar-refractivity contribution >= 4 is 41.5 Å². The number of benzene rings is 1. The normalized spacial score (nSPS) is 11.1. The average molecular weight is 494 g/mol. The molecule has 0 bridgehead atoms. The summed E-state index contributed by atoms with van der Waals surface area (Å²) in [5.74, 6) is 1.88. The van der Waals surface area contributed by atoms with E-state index >= 15 is 0 Å². The van der Waals surface area contributed by atoms with E-state index in [1.165, 1.54) is 0 Å². The lowest BCUT2D eigenvalue weighted by Gasteiger charge is -2.10. The molecule has 0 aliphatic rings. The van der Waals surface area contributed by atoms with Crippen molar-refractivity contribution in [2.75, 3.05) is 33.4 Å². The fourth-order valence-corrected chi connectivity index (χ4v) is 2.32. The highest BCUT2D eigenvalue weighted by Crippen LogP contribution is 2.19. The minimum atomic E-state index is 0. The van der Waals surface area contributed by atoms with Crippen LogP contribution in [0.15, 0.2) is 33.8 Å². The molecule has 0 saturated carbocycles. The molecule has 0 amide bonds. The Hall–Kier alpha value is -1.39. The van der Waals surface area contributed by atoms with Gasteiger partial charge in [-0.25, -0.2) is 0 Å². The number of guanidine groups is 1. The predicted molar refractivity (Wildman–Crippen MR) is 114 cm³/mol. The second-order valence-corrected chi connectivity index (χ2v) is 5.74. The fourth-order valence-electron chi connectivity index (χ4n) is 2.13. The van der Waals surface area contributed by atoms with Crippen molar-refractivity contribution < 1.29 is 9.26 Å². The van der Waals surface area contributed by atoms with Gasteiger partial charge in [-0.05, 0) is 25.5 Å². The highest BCUT2D eigenvalue weighted by molar-refractivity contribution is 14.0. The molecule has 0 unspecified atom stereocenters. The second-order valence-electron chi connectivity index (χ2n) is 5.31. The fraction of sp³-hybridized carbons (Fsp3) is 0.471. The van der Waals surface area contributed by atoms with Gasteiger partial charge in [0.15, 0.2) is 5.96 Å². The first-order valence-electron chi connectivity index (χ1n) is 8.32. The first-order valence-corrected chi connectivity index (χ1v) is 8.70. The van der Waals surface area contributed by atoms with Crippen molar-refractivity contribution in [1.82, 2.24) is 20.8 Å². The van der Waals surface area contributed by atoms with Gasteiger partial charge in [-0.2, -0.15) is 4.98 Å². The van der Waals surface area contributed by atoms with Crippen molar-refractivity contribution in [2.45, 2.75) is 19.8 Å². The first-order chi connectivity index (χ1) is 12.2. The molecule has 0 spiro atoms. The van der Waals surface area contributed by atoms with Crippen LogP contribution in [0.2, 0.25) is 5.02 Å². The standard InChI is InChI=1S/C17H24ClN5O2.HI/c1-3-19-17(20-9-5-11-24-2)21-10-8-15-22-16(23-25-15)13-6-4-7-14(18)12-13;/h4,6-7,12H,3,5,8-11H2,1-2H3,(H2,19,20,21);1H. The van der Waals surface area contributed by atoms with Crippen LogP contribution in [0.3, 0.4) is 0 Å². The zero-order valence-electron chi connectivity index (χ0n) is 15.0. The molecule has 1 aromatic heterocycles. The van der Waals surface area contributed by atoms with E-state index in [-0.39, 0.29) is 24.0 Å². The number of nitrogens with one attached hydrogen (secondary N) is 2. The molecule has 9 heteroatoms. The summed E-state index contributed by atoms with van der Waals surface area (Å²) in [5, 5.41) is 11.1. The Bertz CT molecular complexity index is 681. The Morgan fingerprint density at radius 3 is 2.92 bits per heavy atom. The van der Waals surface area contributed by atoms with Gasteiger partial charge in [-0.1, -0.05) is 28.9 Å². The molecule has 1 aromatic carbocycles. The molecule has 26 heavy (non-hydrogen) atoms. The number of aromatic nitrogens is 2. The summed E-state index contributed by atoms with van der Waals surface area (Å²) in [6.07, 6.45) is 1.50. The average Bonchev–Trinajstić information content (AvgIpc) is 3.07. The zero-order chi connectivity index (χ0) is 17.9. The molecule has 144 valence electrons. The van der Waals surface area contributed by atoms with E-state index in [1.54, 1.807) is 7.11 Å². The van der Waals surface area contributed by atoms with Crippen LogP contribution in [-0.2, 0) is 11.2 Å². The van der Waals surface area contributed by atoms with Crippen LogP contribution in [0.25, 0.3) is 11.4 Å². The Kier molecular flexibility index (Phi) is 11.2. The molecule has 2 rings (SSSR count). The third-order valence-corrected chi connectivity index (χ3v) is 3.54. The summed E-state index contributed by atoms with van der Waals surface area (Å²) in [6, 6.07) is 7.38. The zero-order valence-corrected chi connectivity index (χ0v) is 18.1. The Morgan fingerprint density at radius 1 is 1.35 bits per heavy atom. The van der Waals surface area contributed by atoms with Crippen LogP contribution in [0.5, 0.6) is 0 Å². The van der Waals surface area contributed by atoms with E-state index in [0.717, 1.165) is 24.5 Å². The lowest BCUT2D eigenvalue weighted by molar-refractivity contribution is 0.197. The van der Waals surface area contributed by atoms with Gasteiger partial charge in [-0.15, -0.1) is 24.0 Å². The van der Waals surface area contributed by atoms with E-state index in [1.807, 2.05) is 31.2 Å². The molecule has 1 heterocycles. The molecule has 0 saturated heterocycles. The van der Waals surface area contributed by atoms with Crippen molar-refractivity contribution in [3.63, 3.8) is 0 Å². The topological polar surface area (TPSA) is 84.6 Å². The molecule has 2 aromatic rings. The quantitative estimate of drug-likeness (QED) is 0.242. The third-order valence-electron chi connectivity index (χ3n) is 3.30. The van der Waals surface area contributed by atoms with Crippen LogP contribution in [0, 0.1) is 0 Å². The second kappa shape index (κ2) is 12.9. The largest absolute Gasteiger partial charge is 0.385 e. The van der Waals surface area contributed by atoms with Gasteiger partial charge in [0, 0.05) is 50.4 Å². The van der Waals surface area contributed by atoms with E-state index < -0.39 is 0 Å². The summed E-state index contributed by atoms with van der Waals surface area (Å²) in [6.45, 7) is 4.89. The van der Waals surface area contributed by atoms with Gasteiger partial charge in [0.05, 0.1) is 0 Å². The van der Waals surface area contributed by atoms with Gasteiger partial charge >= 0.3 is 0 Å². The molecular formula is C17H25ClIN5O2. The number of halogens is 2. The Morgan fingerprint density at radius 2 is 2.19 bits per heavy atom. The number of aliphatic imine (C=N–C) groups is 1. The van der Waals surface area contributed by atoms with E-state index in [9.17, 15) is 0 Å². The van der Waals surface area contributed by atoms with E-state index in [0.29, 0.717) is 42.9 Å². The van der Waals surface area contributed by atoms with Gasteiger partial charge in [0.1, 0.15) is 0 Å². The van der Waals surface area contributed by atoms with Crippen molar-refractivity contribution in [2.24, 2.45) is 4.99 Å². The number of hydrogen-bond donors (Lipinski definition) is 2. The highest BCUT2D eigenvalue weighted by Gasteiger charge is 2.09. The lowest BCUT2D eigenvalue weighted by Crippen LogP contribution is -2.38. The van der Waals surface area contributed by atoms with Crippen LogP contribution in [-0.4, -0.2) is 49.5 Å². The van der Waals surface area contributed by atoms with Crippen molar-refractivity contribution in [3.8, 4) is 11.4 Å². The smallest absolute Gasteiger partial charge is 0.228 e. The molecule has 0 radical (unpaired) electrons. The molecular weight excluding hydrogens is 469 g/mol. The SMILES string of the molecule is CCNC(=NCCCOC)NCCc1nc(-c2cccc(Cl)c2)no1.I. The Balaban J connectivity index is 0.00000338. The van der Waals surface area contributed by atoms with Crippen LogP contribution in [0.4, 0.5) is 0 Å². The number of ether oxygens (including phenoxy) is 1. The predicted octanol–water partition coefficient (Wildman–Crippen LogP) is 3.14. The maximum atomic E-state index is 5.99. The van der Waals surface area contributed by atoms with Crippen LogP contribution in [0.1, 0.15) is 19.2 Å². The van der Waals surface area contributed by atoms with E-state index in [4.69, 9.17) is 20.9 Å². The Labute approximate surface area is 176 Å². The summed E-state index contributed by atoms with van der Waals surface area (Å²) in [5.41, 5.74) is 0.837. The highest BCUT2D eigenvalue weighted by atomic mass is 127. The molecule has 0 atom stereocenters. The number of hydrogen-bond acceptors (Lipinski definition) is 5. The monoisotopic (exact) mass is 493 g/mol. The van der Waals surface area contributed by atoms with Gasteiger partial charge in [0.2, 0.25) is 11.7 Å². The number of nitrogens with zero attached hydrogens (tertiary/aromatic N) is 3. The number of rotatable bonds is 9. The third kappa shape index (κ3) is 7.88. The molecule has 7 nitrogen and oxygen atoms in total. The van der Waals surface area contributed by atoms with Gasteiger partial charge in [-0.3, -0.25) is 4.99 Å². The van der Waals surface area contributed by atoms with Gasteiger partial charge in [0.25, 0.3) is 0 Å².